The second kappa shape index (κ2) is 3.37. The summed E-state index contributed by atoms with van der Waals surface area (Å²) in [5.74, 6) is -1.05. The van der Waals surface area contributed by atoms with E-state index in [0.29, 0.717) is 0 Å². The van der Waals surface area contributed by atoms with E-state index in [4.69, 9.17) is 5.11 Å². The second-order valence-corrected chi connectivity index (χ2v) is 2.77. The number of hydrogen-bond acceptors (Lipinski definition) is 1. The topological polar surface area (TPSA) is 37.3 Å². The maximum atomic E-state index is 10.5. The van der Waals surface area contributed by atoms with Crippen molar-refractivity contribution in [2.24, 2.45) is 5.92 Å². The maximum Gasteiger partial charge on any atom is 0.310 e. The van der Waals surface area contributed by atoms with Crippen molar-refractivity contribution in [3.05, 3.63) is 23.8 Å². The van der Waals surface area contributed by atoms with Crippen LogP contribution in [-0.2, 0) is 4.79 Å². The van der Waals surface area contributed by atoms with Crippen LogP contribution < -0.4 is 0 Å². The van der Waals surface area contributed by atoms with Crippen molar-refractivity contribution in [2.45, 2.75) is 19.8 Å². The number of carboxylic acids is 1. The van der Waals surface area contributed by atoms with Crippen LogP contribution in [0.3, 0.4) is 0 Å². The Labute approximate surface area is 66.2 Å². The van der Waals surface area contributed by atoms with E-state index in [9.17, 15) is 4.79 Å². The van der Waals surface area contributed by atoms with E-state index in [1.54, 1.807) is 6.92 Å². The first-order valence-corrected chi connectivity index (χ1v) is 3.80. The highest BCUT2D eigenvalue weighted by Gasteiger charge is 2.15. The zero-order valence-corrected chi connectivity index (χ0v) is 6.58. The fraction of sp³-hybridized carbons (Fsp3) is 0.444. The Kier molecular flexibility index (Phi) is 2.47. The zero-order valence-electron chi connectivity index (χ0n) is 6.58. The predicted molar refractivity (Wildman–Crippen MR) is 43.3 cm³/mol. The first-order chi connectivity index (χ1) is 5.22. The molecule has 1 rings (SSSR count). The number of rotatable bonds is 2. The molecule has 0 aromatic rings. The van der Waals surface area contributed by atoms with E-state index < -0.39 is 5.97 Å². The molecule has 2 heteroatoms. The van der Waals surface area contributed by atoms with E-state index in [-0.39, 0.29) is 5.92 Å². The van der Waals surface area contributed by atoms with E-state index in [2.05, 4.69) is 6.08 Å². The van der Waals surface area contributed by atoms with E-state index in [1.165, 1.54) is 0 Å². The maximum absolute atomic E-state index is 10.5. The summed E-state index contributed by atoms with van der Waals surface area (Å²) in [4.78, 5) is 10.5. The monoisotopic (exact) mass is 152 g/mol. The lowest BCUT2D eigenvalue weighted by Gasteiger charge is -2.12. The van der Waals surface area contributed by atoms with Gasteiger partial charge in [-0.05, 0) is 19.8 Å². The molecular formula is C9H12O2. The van der Waals surface area contributed by atoms with Gasteiger partial charge in [0.05, 0.1) is 5.92 Å². The van der Waals surface area contributed by atoms with Crippen LogP contribution in [0.2, 0.25) is 0 Å². The number of allylic oxidation sites excluding steroid dienone is 3. The molecule has 0 radical (unpaired) electrons. The Balaban J connectivity index is 2.66. The van der Waals surface area contributed by atoms with Gasteiger partial charge >= 0.3 is 5.97 Å². The van der Waals surface area contributed by atoms with Gasteiger partial charge in [-0.2, -0.15) is 0 Å². The minimum absolute atomic E-state index is 0.319. The average Bonchev–Trinajstić information content (AvgIpc) is 2.05. The Bertz CT molecular complexity index is 214. The molecule has 1 atom stereocenters. The Hall–Kier alpha value is -1.05. The lowest BCUT2D eigenvalue weighted by molar-refractivity contribution is -0.139. The van der Waals surface area contributed by atoms with Gasteiger partial charge in [0, 0.05) is 0 Å². The summed E-state index contributed by atoms with van der Waals surface area (Å²) in [6.07, 6.45) is 7.76. The average molecular weight is 152 g/mol. The van der Waals surface area contributed by atoms with Crippen LogP contribution >= 0.6 is 0 Å². The highest BCUT2D eigenvalue weighted by Crippen LogP contribution is 2.20. The minimum Gasteiger partial charge on any atom is -0.481 e. The van der Waals surface area contributed by atoms with Crippen molar-refractivity contribution < 1.29 is 9.90 Å². The normalized spacial score (nSPS) is 19.2. The largest absolute Gasteiger partial charge is 0.481 e. The van der Waals surface area contributed by atoms with Gasteiger partial charge < -0.3 is 5.11 Å². The summed E-state index contributed by atoms with van der Waals surface area (Å²) in [7, 11) is 0. The summed E-state index contributed by atoms with van der Waals surface area (Å²) < 4.78 is 0. The Morgan fingerprint density at radius 1 is 1.73 bits per heavy atom. The van der Waals surface area contributed by atoms with E-state index in [0.717, 1.165) is 18.4 Å². The summed E-state index contributed by atoms with van der Waals surface area (Å²) in [5.41, 5.74) is 1.03. The van der Waals surface area contributed by atoms with Crippen LogP contribution in [-0.4, -0.2) is 11.1 Å². The highest BCUT2D eigenvalue weighted by atomic mass is 16.4. The summed E-state index contributed by atoms with van der Waals surface area (Å²) in [5, 5.41) is 8.67. The molecule has 0 aliphatic heterocycles. The van der Waals surface area contributed by atoms with Crippen molar-refractivity contribution in [1.29, 1.82) is 0 Å². The highest BCUT2D eigenvalue weighted by molar-refractivity contribution is 5.73. The molecule has 11 heavy (non-hydrogen) atoms. The third kappa shape index (κ3) is 1.93. The van der Waals surface area contributed by atoms with Gasteiger partial charge in [-0.15, -0.1) is 0 Å². The van der Waals surface area contributed by atoms with Crippen molar-refractivity contribution in [1.82, 2.24) is 0 Å². The van der Waals surface area contributed by atoms with Crippen molar-refractivity contribution >= 4 is 5.97 Å². The molecule has 1 aliphatic carbocycles. The third-order valence-electron chi connectivity index (χ3n) is 1.97. The van der Waals surface area contributed by atoms with E-state index in [1.807, 2.05) is 12.2 Å². The summed E-state index contributed by atoms with van der Waals surface area (Å²) in [6.45, 7) is 1.73. The van der Waals surface area contributed by atoms with Gasteiger partial charge in [0.25, 0.3) is 0 Å². The van der Waals surface area contributed by atoms with Crippen molar-refractivity contribution in [2.75, 3.05) is 0 Å². The third-order valence-corrected chi connectivity index (χ3v) is 1.97. The molecule has 1 unspecified atom stereocenters. The Morgan fingerprint density at radius 2 is 2.45 bits per heavy atom. The van der Waals surface area contributed by atoms with Gasteiger partial charge in [-0.25, -0.2) is 0 Å². The molecule has 0 spiro atoms. The van der Waals surface area contributed by atoms with Crippen LogP contribution in [0.4, 0.5) is 0 Å². The molecule has 0 fully saturated rings. The summed E-state index contributed by atoms with van der Waals surface area (Å²) >= 11 is 0. The van der Waals surface area contributed by atoms with Gasteiger partial charge in [0.1, 0.15) is 0 Å². The second-order valence-electron chi connectivity index (χ2n) is 2.77. The molecule has 0 heterocycles. The Morgan fingerprint density at radius 3 is 2.91 bits per heavy atom. The molecule has 0 aromatic carbocycles. The molecule has 0 bridgehead atoms. The lowest BCUT2D eigenvalue weighted by atomic mass is 9.94. The van der Waals surface area contributed by atoms with Gasteiger partial charge in [-0.3, -0.25) is 4.79 Å². The molecule has 1 aliphatic rings. The fourth-order valence-electron chi connectivity index (χ4n) is 1.14. The SMILES string of the molecule is CC(C(=O)O)C1=CC=CCC1. The van der Waals surface area contributed by atoms with Crippen LogP contribution in [0.15, 0.2) is 23.8 Å². The minimum atomic E-state index is -0.730. The molecule has 0 aromatic heterocycles. The molecular weight excluding hydrogens is 140 g/mol. The van der Waals surface area contributed by atoms with Crippen LogP contribution in [0.1, 0.15) is 19.8 Å². The predicted octanol–water partition coefficient (Wildman–Crippen LogP) is 1.98. The molecule has 2 nitrogen and oxygen atoms in total. The van der Waals surface area contributed by atoms with Gasteiger partial charge in [0.2, 0.25) is 0 Å². The quantitative estimate of drug-likeness (QED) is 0.657. The number of hydrogen-bond donors (Lipinski definition) is 1. The van der Waals surface area contributed by atoms with E-state index >= 15 is 0 Å². The fourth-order valence-corrected chi connectivity index (χ4v) is 1.14. The molecule has 0 amide bonds. The number of carboxylic acid groups (broad SMARTS) is 1. The van der Waals surface area contributed by atoms with Gasteiger partial charge in [0.15, 0.2) is 0 Å². The first-order valence-electron chi connectivity index (χ1n) is 3.80. The zero-order chi connectivity index (χ0) is 8.27. The molecule has 1 N–H and O–H groups in total. The standard InChI is InChI=1S/C9H12O2/c1-7(9(10)11)8-5-3-2-4-6-8/h2-3,5,7H,4,6H2,1H3,(H,10,11). The lowest BCUT2D eigenvalue weighted by Crippen LogP contribution is -2.12. The van der Waals surface area contributed by atoms with Crippen LogP contribution in [0.25, 0.3) is 0 Å². The number of aliphatic carboxylic acids is 1. The van der Waals surface area contributed by atoms with Crippen molar-refractivity contribution in [3.8, 4) is 0 Å². The summed E-state index contributed by atoms with van der Waals surface area (Å²) in [6, 6.07) is 0. The van der Waals surface area contributed by atoms with Crippen LogP contribution in [0, 0.1) is 5.92 Å². The van der Waals surface area contributed by atoms with Crippen molar-refractivity contribution in [3.63, 3.8) is 0 Å². The first kappa shape index (κ1) is 8.05. The number of carbonyl (C=O) groups is 1. The smallest absolute Gasteiger partial charge is 0.310 e. The molecule has 0 saturated carbocycles. The molecule has 60 valence electrons. The molecule has 0 saturated heterocycles. The van der Waals surface area contributed by atoms with Gasteiger partial charge in [-0.1, -0.05) is 23.8 Å². The van der Waals surface area contributed by atoms with Crippen LogP contribution in [0.5, 0.6) is 0 Å².